The largest absolute Gasteiger partial charge is 0.493 e. The van der Waals surface area contributed by atoms with Gasteiger partial charge >= 0.3 is 6.03 Å². The van der Waals surface area contributed by atoms with Gasteiger partial charge in [0, 0.05) is 6.07 Å². The van der Waals surface area contributed by atoms with Gasteiger partial charge in [0.15, 0.2) is 11.5 Å². The van der Waals surface area contributed by atoms with Gasteiger partial charge in [-0.3, -0.25) is 14.9 Å². The Kier molecular flexibility index (Phi) is 5.89. The summed E-state index contributed by atoms with van der Waals surface area (Å²) in [6.07, 6.45) is 1.33. The number of halogens is 1. The van der Waals surface area contributed by atoms with E-state index in [0.717, 1.165) is 10.5 Å². The molecule has 0 atom stereocenters. The number of barbiturate groups is 1. The van der Waals surface area contributed by atoms with Gasteiger partial charge in [-0.05, 0) is 43.7 Å². The highest BCUT2D eigenvalue weighted by atomic mass is 35.5. The lowest BCUT2D eigenvalue weighted by Crippen LogP contribution is -2.54. The SMILES string of the molecule is CCOc1cc(Cl)c(/C=C2\C(=O)NC(=O)N(c3ccc(C)cc3)C2=O)cc1OC. The van der Waals surface area contributed by atoms with Crippen LogP contribution in [0.3, 0.4) is 0 Å². The predicted molar refractivity (Wildman–Crippen MR) is 109 cm³/mol. The third-order valence-electron chi connectivity index (χ3n) is 4.28. The first-order valence-electron chi connectivity index (χ1n) is 8.84. The van der Waals surface area contributed by atoms with E-state index in [9.17, 15) is 14.4 Å². The summed E-state index contributed by atoms with van der Waals surface area (Å²) < 4.78 is 10.8. The number of carbonyl (C=O) groups is 3. The number of nitrogens with one attached hydrogen (secondary N) is 1. The highest BCUT2D eigenvalue weighted by Crippen LogP contribution is 2.35. The molecule has 1 aliphatic rings. The molecule has 0 bridgehead atoms. The van der Waals surface area contributed by atoms with Gasteiger partial charge in [-0.2, -0.15) is 0 Å². The van der Waals surface area contributed by atoms with Crippen molar-refractivity contribution in [3.8, 4) is 11.5 Å². The van der Waals surface area contributed by atoms with Gasteiger partial charge in [0.1, 0.15) is 5.57 Å². The van der Waals surface area contributed by atoms with Gasteiger partial charge in [-0.25, -0.2) is 9.69 Å². The fraction of sp³-hybridized carbons (Fsp3) is 0.190. The second-order valence-corrected chi connectivity index (χ2v) is 6.66. The first-order chi connectivity index (χ1) is 13.8. The van der Waals surface area contributed by atoms with Crippen LogP contribution in [0.5, 0.6) is 11.5 Å². The lowest BCUT2D eigenvalue weighted by atomic mass is 10.1. The Balaban J connectivity index is 2.03. The van der Waals surface area contributed by atoms with E-state index < -0.39 is 17.8 Å². The first-order valence-corrected chi connectivity index (χ1v) is 9.22. The second-order valence-electron chi connectivity index (χ2n) is 6.25. The number of aryl methyl sites for hydroxylation is 1. The average Bonchev–Trinajstić information content (AvgIpc) is 2.68. The van der Waals surface area contributed by atoms with Gasteiger partial charge in [-0.15, -0.1) is 0 Å². The van der Waals surface area contributed by atoms with Gasteiger partial charge in [0.05, 0.1) is 24.4 Å². The summed E-state index contributed by atoms with van der Waals surface area (Å²) in [5.74, 6) is -0.699. The van der Waals surface area contributed by atoms with Crippen LogP contribution >= 0.6 is 11.6 Å². The van der Waals surface area contributed by atoms with E-state index in [-0.39, 0.29) is 10.6 Å². The van der Waals surface area contributed by atoms with Crippen LogP contribution in [0.4, 0.5) is 10.5 Å². The van der Waals surface area contributed by atoms with Crippen molar-refractivity contribution in [1.82, 2.24) is 5.32 Å². The summed E-state index contributed by atoms with van der Waals surface area (Å²) in [5, 5.41) is 2.45. The molecule has 2 aromatic rings. The fourth-order valence-electron chi connectivity index (χ4n) is 2.83. The molecular formula is C21H19ClN2O5. The molecule has 1 fully saturated rings. The minimum Gasteiger partial charge on any atom is -0.493 e. The number of hydrogen-bond acceptors (Lipinski definition) is 5. The average molecular weight is 415 g/mol. The smallest absolute Gasteiger partial charge is 0.335 e. The molecule has 0 aliphatic carbocycles. The van der Waals surface area contributed by atoms with Crippen molar-refractivity contribution in [2.45, 2.75) is 13.8 Å². The van der Waals surface area contributed by atoms with Crippen molar-refractivity contribution in [1.29, 1.82) is 0 Å². The summed E-state index contributed by atoms with van der Waals surface area (Å²) >= 11 is 6.30. The Bertz CT molecular complexity index is 1010. The maximum Gasteiger partial charge on any atom is 0.335 e. The molecule has 4 amide bonds. The zero-order valence-electron chi connectivity index (χ0n) is 16.1. The summed E-state index contributed by atoms with van der Waals surface area (Å²) in [7, 11) is 1.47. The number of carbonyl (C=O) groups excluding carboxylic acids is 3. The number of nitrogens with zero attached hydrogens (tertiary/aromatic N) is 1. The molecule has 0 aromatic heterocycles. The fourth-order valence-corrected chi connectivity index (χ4v) is 3.04. The van der Waals surface area contributed by atoms with E-state index in [1.54, 1.807) is 36.4 Å². The molecule has 2 aromatic carbocycles. The number of methoxy groups -OCH3 is 1. The number of rotatable bonds is 5. The number of ether oxygens (including phenoxy) is 2. The Hall–Kier alpha value is -3.32. The van der Waals surface area contributed by atoms with Gasteiger partial charge in [-0.1, -0.05) is 29.3 Å². The summed E-state index contributed by atoms with van der Waals surface area (Å²) in [6, 6.07) is 9.10. The van der Waals surface area contributed by atoms with Crippen LogP contribution in [0, 0.1) is 6.92 Å². The van der Waals surface area contributed by atoms with Crippen molar-refractivity contribution in [2.24, 2.45) is 0 Å². The number of amides is 4. The molecule has 0 saturated carbocycles. The molecule has 0 unspecified atom stereocenters. The van der Waals surface area contributed by atoms with E-state index in [1.165, 1.54) is 13.2 Å². The summed E-state index contributed by atoms with van der Waals surface area (Å²) in [6.45, 7) is 4.13. The van der Waals surface area contributed by atoms with Crippen molar-refractivity contribution >= 4 is 41.2 Å². The predicted octanol–water partition coefficient (Wildman–Crippen LogP) is 3.72. The number of hydrogen-bond donors (Lipinski definition) is 1. The summed E-state index contributed by atoms with van der Waals surface area (Å²) in [5.41, 5.74) is 1.48. The number of benzene rings is 2. The Morgan fingerprint density at radius 2 is 1.79 bits per heavy atom. The Morgan fingerprint density at radius 3 is 2.41 bits per heavy atom. The quantitative estimate of drug-likeness (QED) is 0.595. The molecule has 7 nitrogen and oxygen atoms in total. The zero-order valence-corrected chi connectivity index (χ0v) is 16.9. The molecule has 1 aliphatic heterocycles. The second kappa shape index (κ2) is 8.36. The van der Waals surface area contributed by atoms with Crippen molar-refractivity contribution in [3.63, 3.8) is 0 Å². The van der Waals surface area contributed by atoms with Crippen molar-refractivity contribution in [2.75, 3.05) is 18.6 Å². The van der Waals surface area contributed by atoms with Crippen LogP contribution in [0.25, 0.3) is 6.08 Å². The molecule has 1 heterocycles. The van der Waals surface area contributed by atoms with Crippen LogP contribution in [0.1, 0.15) is 18.1 Å². The van der Waals surface area contributed by atoms with Crippen molar-refractivity contribution < 1.29 is 23.9 Å². The van der Waals surface area contributed by atoms with Crippen LogP contribution in [0.15, 0.2) is 42.0 Å². The highest BCUT2D eigenvalue weighted by molar-refractivity contribution is 6.40. The number of anilines is 1. The van der Waals surface area contributed by atoms with Crippen LogP contribution in [0.2, 0.25) is 5.02 Å². The monoisotopic (exact) mass is 414 g/mol. The van der Waals surface area contributed by atoms with Crippen LogP contribution in [-0.2, 0) is 9.59 Å². The number of urea groups is 1. The van der Waals surface area contributed by atoms with Crippen LogP contribution in [-0.4, -0.2) is 31.6 Å². The third kappa shape index (κ3) is 4.09. The van der Waals surface area contributed by atoms with E-state index in [0.29, 0.717) is 29.4 Å². The highest BCUT2D eigenvalue weighted by Gasteiger charge is 2.36. The molecule has 1 N–H and O–H groups in total. The maximum absolute atomic E-state index is 12.9. The molecule has 29 heavy (non-hydrogen) atoms. The minimum atomic E-state index is -0.809. The molecule has 0 spiro atoms. The lowest BCUT2D eigenvalue weighted by Gasteiger charge is -2.26. The normalized spacial score (nSPS) is 15.5. The molecule has 8 heteroatoms. The van der Waals surface area contributed by atoms with Crippen LogP contribution < -0.4 is 19.7 Å². The molecule has 3 rings (SSSR count). The maximum atomic E-state index is 12.9. The van der Waals surface area contributed by atoms with Gasteiger partial charge in [0.25, 0.3) is 11.8 Å². The topological polar surface area (TPSA) is 84.9 Å². The Labute approximate surface area is 172 Å². The Morgan fingerprint density at radius 1 is 1.10 bits per heavy atom. The molecule has 1 saturated heterocycles. The zero-order chi connectivity index (χ0) is 21.1. The van der Waals surface area contributed by atoms with Gasteiger partial charge in [0.2, 0.25) is 0 Å². The van der Waals surface area contributed by atoms with E-state index >= 15 is 0 Å². The molecule has 0 radical (unpaired) electrons. The minimum absolute atomic E-state index is 0.224. The van der Waals surface area contributed by atoms with E-state index in [4.69, 9.17) is 21.1 Å². The third-order valence-corrected chi connectivity index (χ3v) is 4.60. The van der Waals surface area contributed by atoms with Gasteiger partial charge < -0.3 is 9.47 Å². The van der Waals surface area contributed by atoms with E-state index in [2.05, 4.69) is 5.32 Å². The molecule has 150 valence electrons. The lowest BCUT2D eigenvalue weighted by molar-refractivity contribution is -0.122. The summed E-state index contributed by atoms with van der Waals surface area (Å²) in [4.78, 5) is 38.5. The first kappa shape index (κ1) is 20.4. The van der Waals surface area contributed by atoms with Crippen molar-refractivity contribution in [3.05, 3.63) is 58.1 Å². The standard InChI is InChI=1S/C21H19ClN2O5/c1-4-29-18-11-16(22)13(10-17(18)28-3)9-15-19(25)23-21(27)24(20(15)26)14-7-5-12(2)6-8-14/h5-11H,4H2,1-3H3,(H,23,25,27)/b15-9+. The molecular weight excluding hydrogens is 396 g/mol. The number of imide groups is 2. The van der Waals surface area contributed by atoms with E-state index in [1.807, 2.05) is 13.8 Å².